The summed E-state index contributed by atoms with van der Waals surface area (Å²) < 4.78 is 0.768. The quantitative estimate of drug-likeness (QED) is 0.312. The van der Waals surface area contributed by atoms with Crippen molar-refractivity contribution < 1.29 is 19.3 Å². The molecule has 0 saturated heterocycles. The molecule has 0 aliphatic carbocycles. The fourth-order valence-corrected chi connectivity index (χ4v) is 3.36. The van der Waals surface area contributed by atoms with E-state index < -0.39 is 35.2 Å². The molecule has 0 N–H and O–H groups in total. The minimum absolute atomic E-state index is 0.194. The maximum absolute atomic E-state index is 12.7. The van der Waals surface area contributed by atoms with Gasteiger partial charge in [0, 0.05) is 9.40 Å². The van der Waals surface area contributed by atoms with Crippen LogP contribution in [0.2, 0.25) is 0 Å². The number of imide groups is 1. The number of hydrogen-bond donors (Lipinski definition) is 0. The number of hydrogen-bond acceptors (Lipinski definition) is 5. The smallest absolute Gasteiger partial charge is 0.262 e. The van der Waals surface area contributed by atoms with Crippen molar-refractivity contribution in [3.05, 3.63) is 79.8 Å². The fourth-order valence-electron chi connectivity index (χ4n) is 3.10. The molecule has 2 aromatic carbocycles. The Morgan fingerprint density at radius 1 is 1.04 bits per heavy atom. The van der Waals surface area contributed by atoms with Gasteiger partial charge >= 0.3 is 0 Å². The summed E-state index contributed by atoms with van der Waals surface area (Å²) >= 11 is 3.28. The van der Waals surface area contributed by atoms with Crippen LogP contribution >= 0.6 is 15.9 Å². The van der Waals surface area contributed by atoms with Gasteiger partial charge in [-0.1, -0.05) is 40.2 Å². The van der Waals surface area contributed by atoms with Gasteiger partial charge in [-0.25, -0.2) is 0 Å². The second kappa shape index (κ2) is 7.17. The molecule has 2 atom stereocenters. The topological polar surface area (TPSA) is 97.6 Å². The van der Waals surface area contributed by atoms with Crippen LogP contribution in [0, 0.1) is 10.1 Å². The van der Waals surface area contributed by atoms with Crippen LogP contribution in [0.5, 0.6) is 0 Å². The normalized spacial score (nSPS) is 15.5. The first-order valence-corrected chi connectivity index (χ1v) is 8.53. The molecule has 132 valence electrons. The summed E-state index contributed by atoms with van der Waals surface area (Å²) in [5.74, 6) is -2.18. The van der Waals surface area contributed by atoms with E-state index in [2.05, 4.69) is 15.9 Å². The summed E-state index contributed by atoms with van der Waals surface area (Å²) in [7, 11) is 0. The highest BCUT2D eigenvalue weighted by Crippen LogP contribution is 2.31. The molecular formula is C18H13BrN2O5. The third-order valence-corrected chi connectivity index (χ3v) is 4.85. The Morgan fingerprint density at radius 2 is 1.58 bits per heavy atom. The van der Waals surface area contributed by atoms with E-state index in [1.54, 1.807) is 36.4 Å². The van der Waals surface area contributed by atoms with Crippen molar-refractivity contribution >= 4 is 34.0 Å². The predicted molar refractivity (Wildman–Crippen MR) is 95.5 cm³/mol. The third-order valence-electron chi connectivity index (χ3n) is 4.32. The number of carbonyl (C=O) groups excluding carboxylic acids is 3. The molecule has 1 aliphatic rings. The van der Waals surface area contributed by atoms with Crippen LogP contribution in [0.15, 0.2) is 53.0 Å². The number of aldehydes is 1. The van der Waals surface area contributed by atoms with Gasteiger partial charge < -0.3 is 4.79 Å². The first kappa shape index (κ1) is 17.9. The fraction of sp³-hybridized carbons (Fsp3) is 0.167. The minimum Gasteiger partial charge on any atom is -0.301 e. The Kier molecular flexibility index (Phi) is 4.94. The van der Waals surface area contributed by atoms with Gasteiger partial charge in [0.15, 0.2) is 0 Å². The van der Waals surface area contributed by atoms with E-state index in [9.17, 15) is 24.5 Å². The Hall–Kier alpha value is -2.87. The molecule has 0 bridgehead atoms. The highest BCUT2D eigenvalue weighted by atomic mass is 79.9. The second-order valence-corrected chi connectivity index (χ2v) is 6.74. The average molecular weight is 417 g/mol. The van der Waals surface area contributed by atoms with E-state index in [-0.39, 0.29) is 11.1 Å². The van der Waals surface area contributed by atoms with E-state index in [0.717, 1.165) is 9.37 Å². The maximum Gasteiger partial charge on any atom is 0.262 e. The third kappa shape index (κ3) is 3.15. The van der Waals surface area contributed by atoms with Crippen LogP contribution in [-0.4, -0.2) is 40.5 Å². The lowest BCUT2D eigenvalue weighted by molar-refractivity contribution is -0.484. The van der Waals surface area contributed by atoms with E-state index >= 15 is 0 Å². The zero-order chi connectivity index (χ0) is 18.8. The van der Waals surface area contributed by atoms with Crippen LogP contribution in [0.4, 0.5) is 0 Å². The molecule has 0 fully saturated rings. The van der Waals surface area contributed by atoms with Crippen molar-refractivity contribution in [1.82, 2.24) is 4.90 Å². The molecule has 2 amide bonds. The number of amides is 2. The largest absolute Gasteiger partial charge is 0.301 e. The number of rotatable bonds is 6. The molecule has 2 aromatic rings. The van der Waals surface area contributed by atoms with Crippen molar-refractivity contribution in [3.8, 4) is 0 Å². The second-order valence-electron chi connectivity index (χ2n) is 5.83. The molecule has 7 nitrogen and oxygen atoms in total. The van der Waals surface area contributed by atoms with Gasteiger partial charge in [-0.3, -0.25) is 24.6 Å². The highest BCUT2D eigenvalue weighted by Gasteiger charge is 2.44. The zero-order valence-corrected chi connectivity index (χ0v) is 15.0. The van der Waals surface area contributed by atoms with E-state index in [0.29, 0.717) is 11.8 Å². The lowest BCUT2D eigenvalue weighted by Gasteiger charge is -2.27. The molecule has 1 heterocycles. The van der Waals surface area contributed by atoms with Crippen molar-refractivity contribution in [2.45, 2.75) is 12.0 Å². The molecule has 3 rings (SSSR count). The zero-order valence-electron chi connectivity index (χ0n) is 13.4. The number of benzene rings is 2. The summed E-state index contributed by atoms with van der Waals surface area (Å²) in [5.41, 5.74) is 0.888. The van der Waals surface area contributed by atoms with Crippen LogP contribution in [0.3, 0.4) is 0 Å². The summed E-state index contributed by atoms with van der Waals surface area (Å²) in [4.78, 5) is 48.6. The van der Waals surface area contributed by atoms with Gasteiger partial charge in [-0.2, -0.15) is 0 Å². The van der Waals surface area contributed by atoms with Gasteiger partial charge in [0.05, 0.1) is 17.0 Å². The van der Waals surface area contributed by atoms with E-state index in [4.69, 9.17) is 0 Å². The SMILES string of the molecule is O=C[C@H]([C@@H](C[N+](=O)[O-])c1ccc(Br)cc1)N1C(=O)c2ccccc2C1=O. The number of nitro groups is 1. The highest BCUT2D eigenvalue weighted by molar-refractivity contribution is 9.10. The number of halogens is 1. The molecule has 0 aromatic heterocycles. The summed E-state index contributed by atoms with van der Waals surface area (Å²) in [6.45, 7) is -0.585. The maximum atomic E-state index is 12.7. The summed E-state index contributed by atoms with van der Waals surface area (Å²) in [6.07, 6.45) is 0.428. The van der Waals surface area contributed by atoms with Gasteiger partial charge in [0.25, 0.3) is 11.8 Å². The van der Waals surface area contributed by atoms with Crippen molar-refractivity contribution in [1.29, 1.82) is 0 Å². The minimum atomic E-state index is -1.27. The molecule has 0 spiro atoms. The molecule has 0 saturated carbocycles. The average Bonchev–Trinajstić information content (AvgIpc) is 2.87. The lowest BCUT2D eigenvalue weighted by Crippen LogP contribution is -2.46. The molecular weight excluding hydrogens is 404 g/mol. The Balaban J connectivity index is 2.03. The number of carbonyl (C=O) groups is 3. The van der Waals surface area contributed by atoms with Gasteiger partial charge in [-0.05, 0) is 29.8 Å². The molecule has 0 unspecified atom stereocenters. The Morgan fingerprint density at radius 3 is 2.04 bits per heavy atom. The molecule has 1 aliphatic heterocycles. The first-order chi connectivity index (χ1) is 12.4. The number of fused-ring (bicyclic) bond motifs is 1. The van der Waals surface area contributed by atoms with Gasteiger partial charge in [-0.15, -0.1) is 0 Å². The van der Waals surface area contributed by atoms with Crippen LogP contribution < -0.4 is 0 Å². The van der Waals surface area contributed by atoms with Gasteiger partial charge in [0.2, 0.25) is 6.54 Å². The Labute approximate surface area is 156 Å². The lowest BCUT2D eigenvalue weighted by atomic mass is 9.91. The van der Waals surface area contributed by atoms with E-state index in [1.165, 1.54) is 12.1 Å². The van der Waals surface area contributed by atoms with Crippen molar-refractivity contribution in [2.24, 2.45) is 0 Å². The van der Waals surface area contributed by atoms with Crippen molar-refractivity contribution in [2.75, 3.05) is 6.54 Å². The molecule has 8 heteroatoms. The standard InChI is InChI=1S/C18H13BrN2O5/c19-12-7-5-11(6-8-12)15(9-20(25)26)16(10-22)21-17(23)13-3-1-2-4-14(13)18(21)24/h1-8,10,15-16H,9H2/t15-,16+/m0/s1. The van der Waals surface area contributed by atoms with Gasteiger partial charge in [0.1, 0.15) is 12.3 Å². The molecule has 0 radical (unpaired) electrons. The predicted octanol–water partition coefficient (Wildman–Crippen LogP) is 2.67. The first-order valence-electron chi connectivity index (χ1n) is 7.73. The monoisotopic (exact) mass is 416 g/mol. The number of nitrogens with zero attached hydrogens (tertiary/aromatic N) is 2. The molecule has 26 heavy (non-hydrogen) atoms. The summed E-state index contributed by atoms with van der Waals surface area (Å²) in [6, 6.07) is 11.6. The Bertz CT molecular complexity index is 862. The van der Waals surface area contributed by atoms with Crippen LogP contribution in [-0.2, 0) is 4.79 Å². The van der Waals surface area contributed by atoms with Crippen LogP contribution in [0.25, 0.3) is 0 Å². The van der Waals surface area contributed by atoms with E-state index in [1.807, 2.05) is 0 Å². The summed E-state index contributed by atoms with van der Waals surface area (Å²) in [5, 5.41) is 11.2. The van der Waals surface area contributed by atoms with Crippen LogP contribution in [0.1, 0.15) is 32.2 Å². The van der Waals surface area contributed by atoms with Crippen molar-refractivity contribution in [3.63, 3.8) is 0 Å².